The third-order valence-corrected chi connectivity index (χ3v) is 6.04. The number of halogens is 5. The number of nitrogens with zero attached hydrogens (tertiary/aromatic N) is 4. The second-order valence-electron chi connectivity index (χ2n) is 10.5. The Morgan fingerprint density at radius 1 is 1.00 bits per heavy atom. The number of carbonyl (C=O) groups excluding carboxylic acids is 2. The highest BCUT2D eigenvalue weighted by molar-refractivity contribution is 6.31. The van der Waals surface area contributed by atoms with Crippen molar-refractivity contribution in [2.45, 2.75) is 46.4 Å². The number of benzene rings is 2. The molecule has 0 bridgehead atoms. The molecule has 16 heteroatoms. The Labute approximate surface area is 254 Å². The summed E-state index contributed by atoms with van der Waals surface area (Å²) in [6.45, 7) is 8.40. The number of aromatic nitrogens is 4. The lowest BCUT2D eigenvalue weighted by Crippen LogP contribution is -2.35. The van der Waals surface area contributed by atoms with Crippen LogP contribution in [-0.2, 0) is 10.9 Å². The summed E-state index contributed by atoms with van der Waals surface area (Å²) in [6.07, 6.45) is -4.76. The largest absolute Gasteiger partial charge is 0.443 e. The number of H-pyrrole nitrogens is 1. The van der Waals surface area contributed by atoms with E-state index in [-0.39, 0.29) is 23.1 Å². The highest BCUT2D eigenvalue weighted by Crippen LogP contribution is 2.36. The molecule has 0 radical (unpaired) electrons. The summed E-state index contributed by atoms with van der Waals surface area (Å²) in [5, 5.41) is 14.0. The van der Waals surface area contributed by atoms with Crippen LogP contribution in [0, 0.1) is 19.7 Å². The highest BCUT2D eigenvalue weighted by Gasteiger charge is 2.33. The standard InChI is InChI=1S/C28H27ClF4N8O3/c1-14-6-7-17(36-25(42)35-16-8-9-19(29)18(11-16)28(31,32)33)12-21(14)37-24-34-13-20(30)23(38-24)41(22-10-15(2)39-40-22)26(43)44-27(3,4)5/h6-13H,1-5H3,(H,39,40)(H,34,37,38)(H2,35,36,42). The Morgan fingerprint density at radius 3 is 2.27 bits per heavy atom. The molecule has 0 saturated heterocycles. The normalized spacial score (nSPS) is 11.6. The van der Waals surface area contributed by atoms with Crippen LogP contribution in [0.5, 0.6) is 0 Å². The van der Waals surface area contributed by atoms with Gasteiger partial charge in [-0.2, -0.15) is 23.3 Å². The molecular formula is C28H27ClF4N8O3. The molecule has 0 unspecified atom stereocenters. The van der Waals surface area contributed by atoms with E-state index >= 15 is 4.39 Å². The molecular weight excluding hydrogens is 608 g/mol. The Morgan fingerprint density at radius 2 is 1.66 bits per heavy atom. The van der Waals surface area contributed by atoms with Gasteiger partial charge < -0.3 is 20.7 Å². The van der Waals surface area contributed by atoms with Gasteiger partial charge in [-0.1, -0.05) is 17.7 Å². The van der Waals surface area contributed by atoms with Crippen molar-refractivity contribution < 1.29 is 31.9 Å². The Balaban J connectivity index is 1.57. The number of urea groups is 1. The van der Waals surface area contributed by atoms with Gasteiger partial charge in [0.25, 0.3) is 0 Å². The lowest BCUT2D eigenvalue weighted by atomic mass is 10.2. The van der Waals surface area contributed by atoms with E-state index in [0.717, 1.165) is 23.2 Å². The van der Waals surface area contributed by atoms with Crippen molar-refractivity contribution in [3.05, 3.63) is 76.3 Å². The fourth-order valence-electron chi connectivity index (χ4n) is 3.76. The van der Waals surface area contributed by atoms with Gasteiger partial charge in [0.1, 0.15) is 5.60 Å². The Bertz CT molecular complexity index is 1710. The Kier molecular flexibility index (Phi) is 8.99. The number of amides is 3. The zero-order chi connectivity index (χ0) is 32.4. The summed E-state index contributed by atoms with van der Waals surface area (Å²) in [4.78, 5) is 34.7. The van der Waals surface area contributed by atoms with Crippen LogP contribution in [-0.4, -0.2) is 37.9 Å². The summed E-state index contributed by atoms with van der Waals surface area (Å²) in [7, 11) is 0. The van der Waals surface area contributed by atoms with Crippen molar-refractivity contribution in [2.24, 2.45) is 0 Å². The maximum absolute atomic E-state index is 15.1. The van der Waals surface area contributed by atoms with E-state index in [1.165, 1.54) is 18.2 Å². The van der Waals surface area contributed by atoms with Crippen molar-refractivity contribution in [1.29, 1.82) is 0 Å². The van der Waals surface area contributed by atoms with Crippen LogP contribution in [0.1, 0.15) is 37.6 Å². The average Bonchev–Trinajstić information content (AvgIpc) is 3.32. The molecule has 0 aliphatic rings. The average molecular weight is 635 g/mol. The van der Waals surface area contributed by atoms with Gasteiger partial charge >= 0.3 is 18.3 Å². The number of aryl methyl sites for hydroxylation is 2. The molecule has 2 aromatic carbocycles. The second-order valence-corrected chi connectivity index (χ2v) is 10.9. The van der Waals surface area contributed by atoms with Crippen molar-refractivity contribution >= 4 is 58.4 Å². The van der Waals surface area contributed by atoms with Crippen LogP contribution in [0.2, 0.25) is 5.02 Å². The number of aromatic amines is 1. The molecule has 232 valence electrons. The minimum atomic E-state index is -4.70. The molecule has 44 heavy (non-hydrogen) atoms. The predicted octanol–water partition coefficient (Wildman–Crippen LogP) is 8.09. The van der Waals surface area contributed by atoms with Crippen LogP contribution in [0.4, 0.5) is 61.8 Å². The molecule has 0 spiro atoms. The van der Waals surface area contributed by atoms with Gasteiger partial charge in [0.2, 0.25) is 5.95 Å². The number of ether oxygens (including phenoxy) is 1. The first-order valence-electron chi connectivity index (χ1n) is 12.9. The van der Waals surface area contributed by atoms with Gasteiger partial charge in [0.05, 0.1) is 16.8 Å². The van der Waals surface area contributed by atoms with Gasteiger partial charge in [-0.3, -0.25) is 5.10 Å². The maximum Gasteiger partial charge on any atom is 0.422 e. The molecule has 4 aromatic rings. The smallest absolute Gasteiger partial charge is 0.422 e. The molecule has 4 rings (SSSR count). The first-order chi connectivity index (χ1) is 20.5. The van der Waals surface area contributed by atoms with Crippen LogP contribution in [0.15, 0.2) is 48.7 Å². The monoisotopic (exact) mass is 634 g/mol. The zero-order valence-corrected chi connectivity index (χ0v) is 24.8. The molecule has 2 aromatic heterocycles. The summed E-state index contributed by atoms with van der Waals surface area (Å²) in [6, 6.07) is 8.38. The molecule has 3 amide bonds. The maximum atomic E-state index is 15.1. The number of nitrogens with one attached hydrogen (secondary N) is 4. The van der Waals surface area contributed by atoms with Crippen LogP contribution >= 0.6 is 11.6 Å². The van der Waals surface area contributed by atoms with E-state index in [4.69, 9.17) is 16.3 Å². The lowest BCUT2D eigenvalue weighted by molar-refractivity contribution is -0.137. The van der Waals surface area contributed by atoms with Gasteiger partial charge in [-0.05, 0) is 70.5 Å². The first-order valence-corrected chi connectivity index (χ1v) is 13.3. The molecule has 11 nitrogen and oxygen atoms in total. The summed E-state index contributed by atoms with van der Waals surface area (Å²) >= 11 is 5.64. The fraction of sp³-hybridized carbons (Fsp3) is 0.250. The van der Waals surface area contributed by atoms with E-state index in [0.29, 0.717) is 16.9 Å². The van der Waals surface area contributed by atoms with E-state index in [1.807, 2.05) is 0 Å². The van der Waals surface area contributed by atoms with Gasteiger partial charge in [-0.15, -0.1) is 0 Å². The van der Waals surface area contributed by atoms with Gasteiger partial charge in [0, 0.05) is 28.8 Å². The number of rotatable bonds is 6. The summed E-state index contributed by atoms with van der Waals surface area (Å²) in [5.74, 6) is -1.43. The molecule has 2 heterocycles. The number of carbonyl (C=O) groups is 2. The molecule has 4 N–H and O–H groups in total. The second kappa shape index (κ2) is 12.4. The summed E-state index contributed by atoms with van der Waals surface area (Å²) < 4.78 is 60.0. The third-order valence-electron chi connectivity index (χ3n) is 5.71. The van der Waals surface area contributed by atoms with Crippen LogP contribution < -0.4 is 20.9 Å². The zero-order valence-electron chi connectivity index (χ0n) is 24.0. The van der Waals surface area contributed by atoms with Crippen molar-refractivity contribution in [3.8, 4) is 0 Å². The quantitative estimate of drug-likeness (QED) is 0.157. The van der Waals surface area contributed by atoms with Crippen molar-refractivity contribution in [3.63, 3.8) is 0 Å². The lowest BCUT2D eigenvalue weighted by Gasteiger charge is -2.25. The molecule has 0 aliphatic heterocycles. The molecule has 0 fully saturated rings. The third kappa shape index (κ3) is 7.92. The predicted molar refractivity (Wildman–Crippen MR) is 157 cm³/mol. The van der Waals surface area contributed by atoms with Crippen molar-refractivity contribution in [1.82, 2.24) is 20.2 Å². The van der Waals surface area contributed by atoms with Crippen LogP contribution in [0.3, 0.4) is 0 Å². The van der Waals surface area contributed by atoms with Gasteiger partial charge in [0.15, 0.2) is 17.5 Å². The fourth-order valence-corrected chi connectivity index (χ4v) is 3.98. The first kappa shape index (κ1) is 32.0. The minimum Gasteiger partial charge on any atom is -0.443 e. The highest BCUT2D eigenvalue weighted by atomic mass is 35.5. The molecule has 0 saturated carbocycles. The van der Waals surface area contributed by atoms with E-state index < -0.39 is 46.1 Å². The number of hydrogen-bond acceptors (Lipinski definition) is 7. The number of alkyl halides is 3. The Hall–Kier alpha value is -4.92. The van der Waals surface area contributed by atoms with Crippen LogP contribution in [0.25, 0.3) is 0 Å². The molecule has 0 aliphatic carbocycles. The topological polar surface area (TPSA) is 137 Å². The minimum absolute atomic E-state index is 0.0386. The van der Waals surface area contributed by atoms with Gasteiger partial charge in [-0.25, -0.2) is 23.9 Å². The van der Waals surface area contributed by atoms with E-state index in [2.05, 4.69) is 36.1 Å². The number of hydrogen-bond donors (Lipinski definition) is 4. The number of anilines is 6. The van der Waals surface area contributed by atoms with Crippen molar-refractivity contribution in [2.75, 3.05) is 20.9 Å². The molecule has 0 atom stereocenters. The SMILES string of the molecule is Cc1cc(N(C(=O)OC(C)(C)C)c2nc(Nc3cc(NC(=O)Nc4ccc(Cl)c(C(F)(F)F)c4)ccc3C)ncc2F)n[nH]1. The van der Waals surface area contributed by atoms with E-state index in [1.54, 1.807) is 46.8 Å². The summed E-state index contributed by atoms with van der Waals surface area (Å²) in [5.41, 5.74) is -0.206. The van der Waals surface area contributed by atoms with E-state index in [9.17, 15) is 22.8 Å².